The van der Waals surface area contributed by atoms with E-state index in [0.717, 1.165) is 0 Å². The van der Waals surface area contributed by atoms with Crippen molar-refractivity contribution >= 4 is 45.2 Å². The predicted octanol–water partition coefficient (Wildman–Crippen LogP) is 3.27. The SMILES string of the molecule is C/C=C/C(I)=C/I. The molecule has 0 rings (SSSR count). The molecule has 0 spiro atoms. The van der Waals surface area contributed by atoms with Gasteiger partial charge < -0.3 is 0 Å². The van der Waals surface area contributed by atoms with Crippen molar-refractivity contribution in [3.05, 3.63) is 19.8 Å². The summed E-state index contributed by atoms with van der Waals surface area (Å²) in [5.74, 6) is 0. The average molecular weight is 320 g/mol. The van der Waals surface area contributed by atoms with Crippen molar-refractivity contribution in [1.29, 1.82) is 0 Å². The smallest absolute Gasteiger partial charge is 0.0187 e. The van der Waals surface area contributed by atoms with Crippen LogP contribution in [0.1, 0.15) is 6.92 Å². The van der Waals surface area contributed by atoms with Gasteiger partial charge in [-0.15, -0.1) is 0 Å². The second kappa shape index (κ2) is 5.08. The van der Waals surface area contributed by atoms with Gasteiger partial charge in [-0.1, -0.05) is 34.7 Å². The Kier molecular flexibility index (Phi) is 5.77. The molecule has 2 heteroatoms. The fourth-order valence-electron chi connectivity index (χ4n) is 0.196. The highest BCUT2D eigenvalue weighted by molar-refractivity contribution is 14.1. The number of rotatable bonds is 1. The van der Waals surface area contributed by atoms with Crippen LogP contribution in [0.4, 0.5) is 0 Å². The Balaban J connectivity index is 3.58. The van der Waals surface area contributed by atoms with Crippen LogP contribution in [0.5, 0.6) is 0 Å². The van der Waals surface area contributed by atoms with E-state index in [-0.39, 0.29) is 0 Å². The Hall–Kier alpha value is 0.940. The first-order valence-electron chi connectivity index (χ1n) is 1.90. The van der Waals surface area contributed by atoms with Gasteiger partial charge in [-0.25, -0.2) is 0 Å². The number of allylic oxidation sites excluding steroid dienone is 3. The Bertz CT molecular complexity index is 92.3. The summed E-state index contributed by atoms with van der Waals surface area (Å²) in [6.45, 7) is 2.01. The van der Waals surface area contributed by atoms with Gasteiger partial charge in [-0.05, 0) is 33.6 Å². The summed E-state index contributed by atoms with van der Waals surface area (Å²) in [5.41, 5.74) is 0. The Morgan fingerprint density at radius 1 is 1.57 bits per heavy atom. The van der Waals surface area contributed by atoms with E-state index in [0.29, 0.717) is 0 Å². The van der Waals surface area contributed by atoms with E-state index in [4.69, 9.17) is 0 Å². The zero-order chi connectivity index (χ0) is 5.70. The maximum Gasteiger partial charge on any atom is 0.0187 e. The molecule has 0 saturated carbocycles. The summed E-state index contributed by atoms with van der Waals surface area (Å²) >= 11 is 4.49. The average Bonchev–Trinajstić information content (AvgIpc) is 1.68. The lowest BCUT2D eigenvalue weighted by Crippen LogP contribution is -1.51. The van der Waals surface area contributed by atoms with E-state index in [1.54, 1.807) is 0 Å². The molecule has 0 aromatic rings. The number of hydrogen-bond donors (Lipinski definition) is 0. The van der Waals surface area contributed by atoms with Crippen molar-refractivity contribution in [3.8, 4) is 0 Å². The molecule has 0 heterocycles. The van der Waals surface area contributed by atoms with E-state index < -0.39 is 0 Å². The van der Waals surface area contributed by atoms with E-state index in [2.05, 4.69) is 51.3 Å². The van der Waals surface area contributed by atoms with Crippen LogP contribution in [0, 0.1) is 0 Å². The van der Waals surface area contributed by atoms with Gasteiger partial charge in [0.25, 0.3) is 0 Å². The largest absolute Gasteiger partial charge is 0.0866 e. The van der Waals surface area contributed by atoms with Gasteiger partial charge in [0.1, 0.15) is 0 Å². The minimum absolute atomic E-state index is 1.28. The van der Waals surface area contributed by atoms with E-state index in [9.17, 15) is 0 Å². The van der Waals surface area contributed by atoms with E-state index in [1.807, 2.05) is 17.1 Å². The molecular formula is C5H6I2. The first-order chi connectivity index (χ1) is 3.31. The van der Waals surface area contributed by atoms with Crippen LogP contribution in [0.2, 0.25) is 0 Å². The van der Waals surface area contributed by atoms with Gasteiger partial charge in [-0.2, -0.15) is 0 Å². The van der Waals surface area contributed by atoms with Crippen molar-refractivity contribution in [3.63, 3.8) is 0 Å². The third-order valence-corrected chi connectivity index (χ3v) is 2.96. The second-order valence-electron chi connectivity index (χ2n) is 0.994. The van der Waals surface area contributed by atoms with Crippen molar-refractivity contribution in [2.45, 2.75) is 6.92 Å². The highest BCUT2D eigenvalue weighted by Gasteiger charge is 1.73. The van der Waals surface area contributed by atoms with Gasteiger partial charge >= 0.3 is 0 Å². The minimum Gasteiger partial charge on any atom is -0.0866 e. The molecule has 0 saturated heterocycles. The Labute approximate surface area is 71.3 Å². The van der Waals surface area contributed by atoms with Crippen molar-refractivity contribution in [1.82, 2.24) is 0 Å². The van der Waals surface area contributed by atoms with Crippen molar-refractivity contribution in [2.24, 2.45) is 0 Å². The van der Waals surface area contributed by atoms with Crippen molar-refractivity contribution in [2.75, 3.05) is 0 Å². The molecular weight excluding hydrogens is 314 g/mol. The summed E-state index contributed by atoms with van der Waals surface area (Å²) in [6, 6.07) is 0. The maximum absolute atomic E-state index is 2.27. The van der Waals surface area contributed by atoms with E-state index in [1.165, 1.54) is 3.58 Å². The molecule has 0 unspecified atom stereocenters. The zero-order valence-corrected chi connectivity index (χ0v) is 8.30. The predicted molar refractivity (Wildman–Crippen MR) is 50.9 cm³/mol. The molecule has 0 N–H and O–H groups in total. The number of halogens is 2. The molecule has 40 valence electrons. The molecule has 0 atom stereocenters. The molecule has 0 fully saturated rings. The van der Waals surface area contributed by atoms with Gasteiger partial charge in [0, 0.05) is 3.58 Å². The molecule has 0 aromatic heterocycles. The van der Waals surface area contributed by atoms with E-state index >= 15 is 0 Å². The van der Waals surface area contributed by atoms with Crippen LogP contribution in [-0.4, -0.2) is 0 Å². The second-order valence-corrected chi connectivity index (χ2v) is 2.86. The van der Waals surface area contributed by atoms with Crippen LogP contribution in [0.15, 0.2) is 19.8 Å². The molecule has 0 amide bonds. The van der Waals surface area contributed by atoms with Crippen LogP contribution < -0.4 is 0 Å². The van der Waals surface area contributed by atoms with Crippen LogP contribution in [0.25, 0.3) is 0 Å². The highest BCUT2D eigenvalue weighted by Crippen LogP contribution is 2.09. The standard InChI is InChI=1S/C5H6I2/c1-2-3-5(7)4-6/h2-4H,1H3/b3-2+,5-4-. The van der Waals surface area contributed by atoms with Gasteiger partial charge in [0.05, 0.1) is 0 Å². The topological polar surface area (TPSA) is 0 Å². The van der Waals surface area contributed by atoms with Crippen molar-refractivity contribution < 1.29 is 0 Å². The molecule has 0 aliphatic heterocycles. The lowest BCUT2D eigenvalue weighted by Gasteiger charge is -1.77. The van der Waals surface area contributed by atoms with Crippen LogP contribution in [-0.2, 0) is 0 Å². The quantitative estimate of drug-likeness (QED) is 0.514. The fourth-order valence-corrected chi connectivity index (χ4v) is 0.763. The Morgan fingerprint density at radius 2 is 2.14 bits per heavy atom. The monoisotopic (exact) mass is 320 g/mol. The summed E-state index contributed by atoms with van der Waals surface area (Å²) < 4.78 is 3.32. The van der Waals surface area contributed by atoms with Gasteiger partial charge in [0.15, 0.2) is 0 Å². The van der Waals surface area contributed by atoms with Gasteiger partial charge in [0.2, 0.25) is 0 Å². The van der Waals surface area contributed by atoms with Gasteiger partial charge in [-0.3, -0.25) is 0 Å². The Morgan fingerprint density at radius 3 is 2.29 bits per heavy atom. The molecule has 0 aromatic carbocycles. The summed E-state index contributed by atoms with van der Waals surface area (Å²) in [7, 11) is 0. The molecule has 0 aliphatic carbocycles. The molecule has 0 nitrogen and oxygen atoms in total. The zero-order valence-electron chi connectivity index (χ0n) is 3.99. The number of hydrogen-bond acceptors (Lipinski definition) is 0. The highest BCUT2D eigenvalue weighted by atomic mass is 127. The van der Waals surface area contributed by atoms with Crippen LogP contribution in [0.3, 0.4) is 0 Å². The molecule has 0 aliphatic rings. The summed E-state index contributed by atoms with van der Waals surface area (Å²) in [5, 5.41) is 0. The molecule has 0 radical (unpaired) electrons. The molecule has 0 bridgehead atoms. The lowest BCUT2D eigenvalue weighted by atomic mass is 10.5. The summed E-state index contributed by atoms with van der Waals surface area (Å²) in [6.07, 6.45) is 4.09. The normalized spacial score (nSPS) is 13.3. The lowest BCUT2D eigenvalue weighted by molar-refractivity contribution is 1.74. The first kappa shape index (κ1) is 7.94. The first-order valence-corrected chi connectivity index (χ1v) is 4.22. The summed E-state index contributed by atoms with van der Waals surface area (Å²) in [4.78, 5) is 0. The third kappa shape index (κ3) is 4.80. The fraction of sp³-hybridized carbons (Fsp3) is 0.200. The molecule has 7 heavy (non-hydrogen) atoms. The maximum atomic E-state index is 2.27. The van der Waals surface area contributed by atoms with Crippen LogP contribution >= 0.6 is 45.2 Å². The third-order valence-electron chi connectivity index (χ3n) is 0.430. The minimum atomic E-state index is 1.28.